The molecule has 1 aliphatic carbocycles. The molecule has 5 heteroatoms. The minimum atomic E-state index is -0.249. The summed E-state index contributed by atoms with van der Waals surface area (Å²) in [6, 6.07) is 28.5. The highest BCUT2D eigenvalue weighted by molar-refractivity contribution is 6.02. The molecule has 5 nitrogen and oxygen atoms in total. The molecule has 1 aliphatic heterocycles. The molecule has 0 saturated carbocycles. The van der Waals surface area contributed by atoms with E-state index < -0.39 is 0 Å². The van der Waals surface area contributed by atoms with Gasteiger partial charge in [0.15, 0.2) is 17.3 Å². The summed E-state index contributed by atoms with van der Waals surface area (Å²) in [5.41, 5.74) is 5.94. The van der Waals surface area contributed by atoms with Gasteiger partial charge in [0, 0.05) is 17.7 Å². The number of hydrogen-bond acceptors (Lipinski definition) is 5. The molecule has 2 N–H and O–H groups in total. The third-order valence-corrected chi connectivity index (χ3v) is 7.32. The quantitative estimate of drug-likeness (QED) is 0.338. The number of rotatable bonds is 4. The molecule has 0 unspecified atom stereocenters. The van der Waals surface area contributed by atoms with E-state index in [2.05, 4.69) is 59.2 Å². The van der Waals surface area contributed by atoms with Crippen LogP contribution in [0.25, 0.3) is 10.8 Å². The van der Waals surface area contributed by atoms with E-state index in [9.17, 15) is 4.79 Å². The van der Waals surface area contributed by atoms with E-state index in [1.54, 1.807) is 14.2 Å². The molecule has 0 aromatic heterocycles. The predicted octanol–water partition coefficient (Wildman–Crippen LogP) is 6.84. The average Bonchev–Trinajstić information content (AvgIpc) is 3.09. The molecular weight excluding hydrogens is 448 g/mol. The van der Waals surface area contributed by atoms with E-state index in [-0.39, 0.29) is 17.7 Å². The number of nitrogens with one attached hydrogen (secondary N) is 2. The van der Waals surface area contributed by atoms with E-state index in [0.29, 0.717) is 17.9 Å². The number of allylic oxidation sites excluding steroid dienone is 1. The maximum absolute atomic E-state index is 13.9. The summed E-state index contributed by atoms with van der Waals surface area (Å²) in [4.78, 5) is 13.9. The first kappa shape index (κ1) is 22.2. The molecule has 0 bridgehead atoms. The molecule has 2 atom stereocenters. The van der Waals surface area contributed by atoms with Crippen LogP contribution in [0.15, 0.2) is 96.2 Å². The first-order valence-electron chi connectivity index (χ1n) is 12.2. The van der Waals surface area contributed by atoms with E-state index in [4.69, 9.17) is 9.47 Å². The number of ether oxygens (including phenoxy) is 2. The van der Waals surface area contributed by atoms with E-state index in [1.807, 2.05) is 36.4 Å². The van der Waals surface area contributed by atoms with Crippen molar-refractivity contribution in [1.29, 1.82) is 0 Å². The predicted molar refractivity (Wildman–Crippen MR) is 144 cm³/mol. The van der Waals surface area contributed by atoms with Gasteiger partial charge in [0.25, 0.3) is 0 Å². The number of anilines is 2. The topological polar surface area (TPSA) is 59.6 Å². The summed E-state index contributed by atoms with van der Waals surface area (Å²) >= 11 is 0. The van der Waals surface area contributed by atoms with Crippen molar-refractivity contribution >= 4 is 27.9 Å². The Kier molecular flexibility index (Phi) is 5.61. The van der Waals surface area contributed by atoms with Gasteiger partial charge in [-0.2, -0.15) is 0 Å². The van der Waals surface area contributed by atoms with Crippen LogP contribution < -0.4 is 20.1 Å². The van der Waals surface area contributed by atoms with Gasteiger partial charge in [-0.15, -0.1) is 0 Å². The van der Waals surface area contributed by atoms with Gasteiger partial charge in [0.2, 0.25) is 0 Å². The molecule has 1 heterocycles. The fraction of sp³-hybridized carbons (Fsp3) is 0.194. The number of carbonyl (C=O) groups is 1. The smallest absolute Gasteiger partial charge is 0.163 e. The lowest BCUT2D eigenvalue weighted by atomic mass is 9.78. The maximum Gasteiger partial charge on any atom is 0.163 e. The minimum absolute atomic E-state index is 0.0435. The molecule has 180 valence electrons. The number of para-hydroxylation sites is 2. The summed E-state index contributed by atoms with van der Waals surface area (Å²) in [6.45, 7) is 0. The molecule has 0 fully saturated rings. The van der Waals surface area contributed by atoms with Crippen LogP contribution in [0.5, 0.6) is 11.5 Å². The Morgan fingerprint density at radius 3 is 2.36 bits per heavy atom. The first-order valence-corrected chi connectivity index (χ1v) is 12.2. The first-order chi connectivity index (χ1) is 17.7. The number of ketones is 1. The molecule has 2 aliphatic rings. The van der Waals surface area contributed by atoms with Crippen LogP contribution in [0.2, 0.25) is 0 Å². The minimum Gasteiger partial charge on any atom is -0.493 e. The lowest BCUT2D eigenvalue weighted by molar-refractivity contribution is -0.116. The monoisotopic (exact) mass is 476 g/mol. The van der Waals surface area contributed by atoms with E-state index in [0.717, 1.165) is 51.0 Å². The van der Waals surface area contributed by atoms with Crippen LogP contribution in [-0.2, 0) is 4.79 Å². The Labute approximate surface area is 210 Å². The molecule has 0 amide bonds. The number of fused-ring (bicyclic) bond motifs is 2. The van der Waals surface area contributed by atoms with Crippen molar-refractivity contribution in [2.75, 3.05) is 24.9 Å². The Bertz CT molecular complexity index is 1500. The van der Waals surface area contributed by atoms with Crippen LogP contribution in [0.3, 0.4) is 0 Å². The fourth-order valence-corrected chi connectivity index (χ4v) is 5.57. The maximum atomic E-state index is 13.9. The third-order valence-electron chi connectivity index (χ3n) is 7.32. The number of carbonyl (C=O) groups excluding carboxylic acids is 1. The van der Waals surface area contributed by atoms with E-state index >= 15 is 0 Å². The Hall–Kier alpha value is -4.25. The van der Waals surface area contributed by atoms with Crippen LogP contribution in [0, 0.1) is 0 Å². The SMILES string of the molecule is COc1ccc([C@@H]2CC(=O)C3=C(C2)Nc2ccccc2N[C@@H]3c2cccc3ccccc23)cc1OC. The summed E-state index contributed by atoms with van der Waals surface area (Å²) in [7, 11) is 3.27. The van der Waals surface area contributed by atoms with Crippen molar-refractivity contribution in [3.05, 3.63) is 107 Å². The van der Waals surface area contributed by atoms with Gasteiger partial charge < -0.3 is 20.1 Å². The van der Waals surface area contributed by atoms with Gasteiger partial charge in [-0.3, -0.25) is 4.79 Å². The second kappa shape index (κ2) is 9.08. The largest absolute Gasteiger partial charge is 0.493 e. The standard InChI is InChI=1S/C31H28N2O3/c1-35-28-15-14-20(18-29(28)36-2)21-16-26-30(27(34)17-21)31(33-25-13-6-5-12-24(25)32-26)23-11-7-9-19-8-3-4-10-22(19)23/h3-15,18,21,31-33H,16-17H2,1-2H3/t21-,31+/m0/s1. The summed E-state index contributed by atoms with van der Waals surface area (Å²) in [5.74, 6) is 1.56. The van der Waals surface area contributed by atoms with Gasteiger partial charge in [-0.1, -0.05) is 60.7 Å². The highest BCUT2D eigenvalue weighted by Crippen LogP contribution is 2.46. The molecule has 36 heavy (non-hydrogen) atoms. The van der Waals surface area contributed by atoms with Crippen molar-refractivity contribution in [2.45, 2.75) is 24.8 Å². The van der Waals surface area contributed by atoms with Gasteiger partial charge in [0.1, 0.15) is 0 Å². The summed E-state index contributed by atoms with van der Waals surface area (Å²) < 4.78 is 11.0. The number of methoxy groups -OCH3 is 2. The van der Waals surface area contributed by atoms with Gasteiger partial charge >= 0.3 is 0 Å². The van der Waals surface area contributed by atoms with Gasteiger partial charge in [-0.05, 0) is 58.5 Å². The van der Waals surface area contributed by atoms with Crippen molar-refractivity contribution in [1.82, 2.24) is 0 Å². The second-order valence-electron chi connectivity index (χ2n) is 9.35. The Balaban J connectivity index is 1.48. The normalized spacial score (nSPS) is 19.0. The number of hydrogen-bond donors (Lipinski definition) is 2. The van der Waals surface area contributed by atoms with Crippen molar-refractivity contribution in [2.24, 2.45) is 0 Å². The Morgan fingerprint density at radius 1 is 0.778 bits per heavy atom. The molecule has 0 spiro atoms. The van der Waals surface area contributed by atoms with Crippen LogP contribution >= 0.6 is 0 Å². The molecule has 6 rings (SSSR count). The molecular formula is C31H28N2O3. The molecule has 4 aromatic carbocycles. The molecule has 0 radical (unpaired) electrons. The summed E-state index contributed by atoms with van der Waals surface area (Å²) in [6.07, 6.45) is 1.17. The third kappa shape index (κ3) is 3.77. The summed E-state index contributed by atoms with van der Waals surface area (Å²) in [5, 5.41) is 9.65. The number of benzene rings is 4. The van der Waals surface area contributed by atoms with E-state index in [1.165, 1.54) is 0 Å². The molecule has 4 aromatic rings. The fourth-order valence-electron chi connectivity index (χ4n) is 5.57. The second-order valence-corrected chi connectivity index (χ2v) is 9.35. The highest BCUT2D eigenvalue weighted by atomic mass is 16.5. The van der Waals surface area contributed by atoms with Gasteiger partial charge in [0.05, 0.1) is 31.6 Å². The van der Waals surface area contributed by atoms with Crippen molar-refractivity contribution in [3.8, 4) is 11.5 Å². The Morgan fingerprint density at radius 2 is 1.53 bits per heavy atom. The lowest BCUT2D eigenvalue weighted by Crippen LogP contribution is -2.27. The van der Waals surface area contributed by atoms with Crippen molar-refractivity contribution < 1.29 is 14.3 Å². The van der Waals surface area contributed by atoms with Crippen LogP contribution in [0.1, 0.15) is 35.9 Å². The zero-order valence-electron chi connectivity index (χ0n) is 20.4. The van der Waals surface area contributed by atoms with Crippen LogP contribution in [0.4, 0.5) is 11.4 Å². The zero-order chi connectivity index (χ0) is 24.6. The van der Waals surface area contributed by atoms with Crippen LogP contribution in [-0.4, -0.2) is 20.0 Å². The average molecular weight is 477 g/mol. The van der Waals surface area contributed by atoms with Gasteiger partial charge in [-0.25, -0.2) is 0 Å². The highest BCUT2D eigenvalue weighted by Gasteiger charge is 2.36. The lowest BCUT2D eigenvalue weighted by Gasteiger charge is -2.30. The molecule has 0 saturated heterocycles. The number of Topliss-reactive ketones (excluding diaryl/α,β-unsaturated/α-hetero) is 1. The zero-order valence-corrected chi connectivity index (χ0v) is 20.4. The van der Waals surface area contributed by atoms with Crippen molar-refractivity contribution in [3.63, 3.8) is 0 Å².